The molecule has 0 saturated carbocycles. The van der Waals surface area contributed by atoms with Crippen molar-refractivity contribution in [1.82, 2.24) is 10.2 Å². The summed E-state index contributed by atoms with van der Waals surface area (Å²) in [5.74, 6) is 0. The highest BCUT2D eigenvalue weighted by molar-refractivity contribution is 5.14. The van der Waals surface area contributed by atoms with Crippen LogP contribution in [-0.4, -0.2) is 42.3 Å². The quantitative estimate of drug-likeness (QED) is 0.646. The molecule has 0 radical (unpaired) electrons. The van der Waals surface area contributed by atoms with Gasteiger partial charge in [0.1, 0.15) is 0 Å². The zero-order chi connectivity index (χ0) is 14.8. The number of hydrogen-bond donors (Lipinski definition) is 2. The van der Waals surface area contributed by atoms with Crippen LogP contribution in [0.5, 0.6) is 0 Å². The molecule has 0 spiro atoms. The van der Waals surface area contributed by atoms with E-state index in [1.54, 1.807) is 0 Å². The minimum atomic E-state index is -0.532. The topological polar surface area (TPSA) is 35.5 Å². The van der Waals surface area contributed by atoms with Gasteiger partial charge in [-0.3, -0.25) is 0 Å². The highest BCUT2D eigenvalue weighted by atomic mass is 16.3. The van der Waals surface area contributed by atoms with Gasteiger partial charge in [0, 0.05) is 13.1 Å². The summed E-state index contributed by atoms with van der Waals surface area (Å²) in [6.45, 7) is 7.80. The molecular formula is C17H30N2O. The van der Waals surface area contributed by atoms with E-state index in [2.05, 4.69) is 47.6 Å². The minimum Gasteiger partial charge on any atom is -0.389 e. The molecule has 0 atom stereocenters. The summed E-state index contributed by atoms with van der Waals surface area (Å²) in [6, 6.07) is 10.5. The van der Waals surface area contributed by atoms with E-state index < -0.39 is 5.60 Å². The van der Waals surface area contributed by atoms with Crippen LogP contribution in [0.2, 0.25) is 0 Å². The van der Waals surface area contributed by atoms with E-state index in [4.69, 9.17) is 0 Å². The van der Waals surface area contributed by atoms with Crippen LogP contribution < -0.4 is 5.32 Å². The molecule has 1 aromatic rings. The number of benzene rings is 1. The molecule has 114 valence electrons. The van der Waals surface area contributed by atoms with E-state index in [1.165, 1.54) is 5.56 Å². The fourth-order valence-corrected chi connectivity index (χ4v) is 2.27. The van der Waals surface area contributed by atoms with Gasteiger partial charge in [-0.1, -0.05) is 44.2 Å². The summed E-state index contributed by atoms with van der Waals surface area (Å²) in [7, 11) is 2.15. The summed E-state index contributed by atoms with van der Waals surface area (Å²) < 4.78 is 0. The summed E-state index contributed by atoms with van der Waals surface area (Å²) in [4.78, 5) is 2.34. The first kappa shape index (κ1) is 17.2. The Morgan fingerprint density at radius 2 is 1.80 bits per heavy atom. The standard InChI is InChI=1S/C17H30N2O/c1-4-17(20,5-2)15-18-12-9-13-19(3)14-16-10-7-6-8-11-16/h6-8,10-11,18,20H,4-5,9,12-15H2,1-3H3. The van der Waals surface area contributed by atoms with Crippen LogP contribution in [0.25, 0.3) is 0 Å². The first-order valence-electron chi connectivity index (χ1n) is 7.75. The molecule has 3 nitrogen and oxygen atoms in total. The highest BCUT2D eigenvalue weighted by Gasteiger charge is 2.20. The lowest BCUT2D eigenvalue weighted by Crippen LogP contribution is -2.40. The Morgan fingerprint density at radius 3 is 2.40 bits per heavy atom. The molecule has 0 aliphatic heterocycles. The highest BCUT2D eigenvalue weighted by Crippen LogP contribution is 2.12. The third kappa shape index (κ3) is 6.51. The van der Waals surface area contributed by atoms with Crippen molar-refractivity contribution in [3.05, 3.63) is 35.9 Å². The van der Waals surface area contributed by atoms with Crippen molar-refractivity contribution < 1.29 is 5.11 Å². The number of rotatable bonds is 10. The molecule has 0 heterocycles. The maximum absolute atomic E-state index is 10.2. The zero-order valence-corrected chi connectivity index (χ0v) is 13.2. The molecule has 1 aromatic carbocycles. The Balaban J connectivity index is 2.12. The third-order valence-corrected chi connectivity index (χ3v) is 3.96. The fourth-order valence-electron chi connectivity index (χ4n) is 2.27. The number of nitrogens with one attached hydrogen (secondary N) is 1. The van der Waals surface area contributed by atoms with Crippen molar-refractivity contribution in [2.24, 2.45) is 0 Å². The van der Waals surface area contributed by atoms with Crippen LogP contribution in [0.3, 0.4) is 0 Å². The molecule has 1 rings (SSSR count). The van der Waals surface area contributed by atoms with Crippen LogP contribution in [0.1, 0.15) is 38.7 Å². The van der Waals surface area contributed by atoms with Gasteiger partial charge in [-0.15, -0.1) is 0 Å². The Hall–Kier alpha value is -0.900. The summed E-state index contributed by atoms with van der Waals surface area (Å²) in [5.41, 5.74) is 0.824. The second-order valence-corrected chi connectivity index (χ2v) is 5.69. The summed E-state index contributed by atoms with van der Waals surface area (Å²) in [6.07, 6.45) is 2.72. The van der Waals surface area contributed by atoms with Crippen molar-refractivity contribution in [3.8, 4) is 0 Å². The van der Waals surface area contributed by atoms with Crippen LogP contribution in [0, 0.1) is 0 Å². The normalized spacial score (nSPS) is 12.1. The molecule has 0 amide bonds. The molecule has 20 heavy (non-hydrogen) atoms. The lowest BCUT2D eigenvalue weighted by Gasteiger charge is -2.25. The van der Waals surface area contributed by atoms with E-state index in [9.17, 15) is 5.11 Å². The molecule has 3 heteroatoms. The van der Waals surface area contributed by atoms with Crippen molar-refractivity contribution in [2.75, 3.05) is 26.7 Å². The van der Waals surface area contributed by atoms with Gasteiger partial charge in [0.05, 0.1) is 5.60 Å². The minimum absolute atomic E-state index is 0.532. The van der Waals surface area contributed by atoms with Crippen LogP contribution in [0.4, 0.5) is 0 Å². The van der Waals surface area contributed by atoms with Gasteiger partial charge in [-0.25, -0.2) is 0 Å². The van der Waals surface area contributed by atoms with Crippen molar-refractivity contribution >= 4 is 0 Å². The van der Waals surface area contributed by atoms with E-state index >= 15 is 0 Å². The molecule has 0 fully saturated rings. The predicted molar refractivity (Wildman–Crippen MR) is 85.8 cm³/mol. The fraction of sp³-hybridized carbons (Fsp3) is 0.647. The van der Waals surface area contributed by atoms with Gasteiger partial charge < -0.3 is 15.3 Å². The van der Waals surface area contributed by atoms with Gasteiger partial charge in [0.2, 0.25) is 0 Å². The zero-order valence-electron chi connectivity index (χ0n) is 13.2. The molecule has 0 bridgehead atoms. The predicted octanol–water partition coefficient (Wildman–Crippen LogP) is 2.65. The Labute approximate surface area is 124 Å². The average molecular weight is 278 g/mol. The van der Waals surface area contributed by atoms with Crippen molar-refractivity contribution in [3.63, 3.8) is 0 Å². The lowest BCUT2D eigenvalue weighted by molar-refractivity contribution is 0.0326. The van der Waals surface area contributed by atoms with Gasteiger partial charge >= 0.3 is 0 Å². The molecular weight excluding hydrogens is 248 g/mol. The smallest absolute Gasteiger partial charge is 0.0766 e. The number of aliphatic hydroxyl groups is 1. The Bertz CT molecular complexity index is 349. The Kier molecular flexibility index (Phi) is 7.82. The number of hydrogen-bond acceptors (Lipinski definition) is 3. The molecule has 0 aromatic heterocycles. The van der Waals surface area contributed by atoms with Gasteiger partial charge in [-0.2, -0.15) is 0 Å². The van der Waals surface area contributed by atoms with Crippen molar-refractivity contribution in [1.29, 1.82) is 0 Å². The second kappa shape index (κ2) is 9.11. The maximum atomic E-state index is 10.2. The first-order valence-corrected chi connectivity index (χ1v) is 7.75. The average Bonchev–Trinajstić information content (AvgIpc) is 2.47. The first-order chi connectivity index (χ1) is 9.59. The monoisotopic (exact) mass is 278 g/mol. The maximum Gasteiger partial charge on any atom is 0.0766 e. The van der Waals surface area contributed by atoms with E-state index in [-0.39, 0.29) is 0 Å². The van der Waals surface area contributed by atoms with Crippen LogP contribution >= 0.6 is 0 Å². The van der Waals surface area contributed by atoms with E-state index in [0.29, 0.717) is 6.54 Å². The number of nitrogens with zero attached hydrogens (tertiary/aromatic N) is 1. The molecule has 2 N–H and O–H groups in total. The Morgan fingerprint density at radius 1 is 1.15 bits per heavy atom. The van der Waals surface area contributed by atoms with Gasteiger partial charge in [0.25, 0.3) is 0 Å². The summed E-state index contributed by atoms with van der Waals surface area (Å²) >= 11 is 0. The lowest BCUT2D eigenvalue weighted by atomic mass is 9.98. The molecule has 0 aliphatic rings. The molecule has 0 unspecified atom stereocenters. The van der Waals surface area contributed by atoms with Crippen molar-refractivity contribution in [2.45, 2.75) is 45.3 Å². The van der Waals surface area contributed by atoms with Gasteiger partial charge in [-0.05, 0) is 45.0 Å². The SMILES string of the molecule is CCC(O)(CC)CNCCCN(C)Cc1ccccc1. The van der Waals surface area contributed by atoms with E-state index in [0.717, 1.165) is 38.9 Å². The van der Waals surface area contributed by atoms with E-state index in [1.807, 2.05) is 13.8 Å². The van der Waals surface area contributed by atoms with Gasteiger partial charge in [0.15, 0.2) is 0 Å². The largest absolute Gasteiger partial charge is 0.389 e. The van der Waals surface area contributed by atoms with Crippen LogP contribution in [0.15, 0.2) is 30.3 Å². The summed E-state index contributed by atoms with van der Waals surface area (Å²) in [5, 5.41) is 13.5. The third-order valence-electron chi connectivity index (χ3n) is 3.96. The second-order valence-electron chi connectivity index (χ2n) is 5.69. The molecule has 0 saturated heterocycles. The molecule has 0 aliphatic carbocycles. The van der Waals surface area contributed by atoms with Crippen LogP contribution in [-0.2, 0) is 6.54 Å².